The van der Waals surface area contributed by atoms with Gasteiger partial charge in [0.1, 0.15) is 11.6 Å². The maximum atomic E-state index is 13.3. The number of sulfonamides is 1. The number of benzene rings is 3. The second kappa shape index (κ2) is 9.66. The number of halogens is 1. The van der Waals surface area contributed by atoms with Crippen molar-refractivity contribution >= 4 is 21.6 Å². The third-order valence-electron chi connectivity index (χ3n) is 5.53. The van der Waals surface area contributed by atoms with Gasteiger partial charge in [-0.15, -0.1) is 0 Å². The highest BCUT2D eigenvalue weighted by molar-refractivity contribution is 7.89. The molecule has 1 N–H and O–H groups in total. The first-order valence-electron chi connectivity index (χ1n) is 10.5. The predicted molar refractivity (Wildman–Crippen MR) is 126 cm³/mol. The highest BCUT2D eigenvalue weighted by atomic mass is 32.2. The average Bonchev–Trinajstić information content (AvgIpc) is 3.30. The van der Waals surface area contributed by atoms with Gasteiger partial charge in [-0.3, -0.25) is 10.2 Å². The molecule has 0 radical (unpaired) electrons. The number of carbonyl (C=O) groups is 1. The summed E-state index contributed by atoms with van der Waals surface area (Å²) in [5, 5.41) is 1.42. The Labute approximate surface area is 198 Å². The molecule has 0 spiro atoms. The summed E-state index contributed by atoms with van der Waals surface area (Å²) in [6, 6.07) is 20.9. The van der Waals surface area contributed by atoms with Gasteiger partial charge in [-0.05, 0) is 53.6 Å². The van der Waals surface area contributed by atoms with E-state index in [4.69, 9.17) is 4.74 Å². The molecule has 1 aliphatic heterocycles. The molecule has 3 aromatic rings. The van der Waals surface area contributed by atoms with Gasteiger partial charge >= 0.3 is 0 Å². The molecule has 0 saturated heterocycles. The number of hydrogen-bond donors (Lipinski definition) is 1. The Bertz CT molecular complexity index is 1290. The normalized spacial score (nSPS) is 15.7. The number of nitrogens with one attached hydrogen (secondary N) is 1. The molecular weight excluding hydrogens is 457 g/mol. The number of hydrazine groups is 1. The summed E-state index contributed by atoms with van der Waals surface area (Å²) in [4.78, 5) is 13.2. The monoisotopic (exact) mass is 481 g/mol. The minimum absolute atomic E-state index is 0.0895. The summed E-state index contributed by atoms with van der Waals surface area (Å²) < 4.78 is 45.2. The number of methoxy groups -OCH3 is 1. The van der Waals surface area contributed by atoms with Crippen molar-refractivity contribution in [2.75, 3.05) is 20.7 Å². The Hall–Kier alpha value is -3.69. The minimum atomic E-state index is -3.98. The smallest absolute Gasteiger partial charge is 0.257 e. The first-order chi connectivity index (χ1) is 16.3. The Kier molecular flexibility index (Phi) is 6.67. The van der Waals surface area contributed by atoms with Crippen molar-refractivity contribution in [1.29, 1.82) is 0 Å². The van der Waals surface area contributed by atoms with Crippen LogP contribution < -0.4 is 10.2 Å². The second-order valence-corrected chi connectivity index (χ2v) is 9.80. The molecule has 0 fully saturated rings. The number of carbonyl (C=O) groups excluding carboxylic acids is 1. The summed E-state index contributed by atoms with van der Waals surface area (Å²) in [6.07, 6.45) is 1.92. The van der Waals surface area contributed by atoms with Crippen molar-refractivity contribution in [3.63, 3.8) is 0 Å². The topological polar surface area (TPSA) is 79.0 Å². The van der Waals surface area contributed by atoms with Gasteiger partial charge in [0, 0.05) is 7.05 Å². The van der Waals surface area contributed by atoms with Crippen molar-refractivity contribution in [3.05, 3.63) is 102 Å². The van der Waals surface area contributed by atoms with Gasteiger partial charge in [0.05, 0.1) is 30.3 Å². The molecule has 4 rings (SSSR count). The van der Waals surface area contributed by atoms with Crippen molar-refractivity contribution in [2.24, 2.45) is 0 Å². The lowest BCUT2D eigenvalue weighted by molar-refractivity contribution is -0.134. The molecule has 0 saturated carbocycles. The molecule has 0 aromatic heterocycles. The molecule has 0 aliphatic carbocycles. The molecule has 1 heterocycles. The Balaban J connectivity index is 1.59. The van der Waals surface area contributed by atoms with Crippen LogP contribution in [0.5, 0.6) is 5.75 Å². The predicted octanol–water partition coefficient (Wildman–Crippen LogP) is 3.58. The van der Waals surface area contributed by atoms with Crippen LogP contribution in [0, 0.1) is 5.82 Å². The van der Waals surface area contributed by atoms with E-state index in [1.165, 1.54) is 24.2 Å². The molecular formula is C25H24FN3O4S. The number of amides is 1. The van der Waals surface area contributed by atoms with Crippen LogP contribution in [-0.4, -0.2) is 44.3 Å². The fraction of sp³-hybridized carbons (Fsp3) is 0.160. The van der Waals surface area contributed by atoms with Gasteiger partial charge in [0.15, 0.2) is 0 Å². The van der Waals surface area contributed by atoms with Gasteiger partial charge in [0.25, 0.3) is 5.91 Å². The highest BCUT2D eigenvalue weighted by Gasteiger charge is 2.33. The van der Waals surface area contributed by atoms with Crippen molar-refractivity contribution < 1.29 is 22.3 Å². The molecule has 0 bridgehead atoms. The lowest BCUT2D eigenvalue weighted by Crippen LogP contribution is -2.45. The van der Waals surface area contributed by atoms with Gasteiger partial charge < -0.3 is 4.74 Å². The molecule has 1 amide bonds. The first kappa shape index (κ1) is 23.5. The SMILES string of the molecule is COc1ccc([C@H]2C=C(c3ccccc3)NN2C(=O)CN(C)S(=O)(=O)c2ccc(F)cc2)cc1. The van der Waals surface area contributed by atoms with Crippen LogP contribution in [0.2, 0.25) is 0 Å². The molecule has 3 aromatic carbocycles. The minimum Gasteiger partial charge on any atom is -0.497 e. The third-order valence-corrected chi connectivity index (χ3v) is 7.35. The summed E-state index contributed by atoms with van der Waals surface area (Å²) >= 11 is 0. The van der Waals surface area contributed by atoms with Crippen LogP contribution in [0.25, 0.3) is 5.70 Å². The Morgan fingerprint density at radius 1 is 1.03 bits per heavy atom. The van der Waals surface area contributed by atoms with E-state index < -0.39 is 34.3 Å². The lowest BCUT2D eigenvalue weighted by atomic mass is 10.0. The Morgan fingerprint density at radius 2 is 1.68 bits per heavy atom. The molecule has 34 heavy (non-hydrogen) atoms. The standard InChI is InChI=1S/C25H24FN3O4S/c1-28(34(31,32)22-14-10-20(26)11-15-22)17-25(30)29-24(19-8-12-21(33-2)13-9-19)16-23(27-29)18-6-4-3-5-7-18/h3-16,24,27H,17H2,1-2H3/t24-/m1/s1. The fourth-order valence-corrected chi connectivity index (χ4v) is 4.77. The molecule has 1 atom stereocenters. The van der Waals surface area contributed by atoms with E-state index in [0.29, 0.717) is 5.75 Å². The molecule has 0 unspecified atom stereocenters. The Morgan fingerprint density at radius 3 is 2.29 bits per heavy atom. The quantitative estimate of drug-likeness (QED) is 0.558. The number of hydrogen-bond acceptors (Lipinski definition) is 5. The van der Waals surface area contributed by atoms with E-state index in [0.717, 1.165) is 33.3 Å². The van der Waals surface area contributed by atoms with Crippen LogP contribution in [0.1, 0.15) is 17.2 Å². The van der Waals surface area contributed by atoms with E-state index in [2.05, 4.69) is 5.43 Å². The van der Waals surface area contributed by atoms with Gasteiger partial charge in [0.2, 0.25) is 10.0 Å². The van der Waals surface area contributed by atoms with Crippen molar-refractivity contribution in [3.8, 4) is 5.75 Å². The van der Waals surface area contributed by atoms with Crippen LogP contribution in [0.3, 0.4) is 0 Å². The number of rotatable bonds is 7. The maximum Gasteiger partial charge on any atom is 0.257 e. The second-order valence-electron chi connectivity index (χ2n) is 7.75. The van der Waals surface area contributed by atoms with Crippen LogP contribution in [0.15, 0.2) is 89.8 Å². The van der Waals surface area contributed by atoms with Crippen molar-refractivity contribution in [2.45, 2.75) is 10.9 Å². The van der Waals surface area contributed by atoms with Crippen molar-refractivity contribution in [1.82, 2.24) is 14.7 Å². The lowest BCUT2D eigenvalue weighted by Gasteiger charge is -2.27. The first-order valence-corrected chi connectivity index (χ1v) is 12.0. The zero-order chi connectivity index (χ0) is 24.3. The highest BCUT2D eigenvalue weighted by Crippen LogP contribution is 2.32. The number of nitrogens with zero attached hydrogens (tertiary/aromatic N) is 2. The van der Waals surface area contributed by atoms with Crippen LogP contribution >= 0.6 is 0 Å². The molecule has 1 aliphatic rings. The fourth-order valence-electron chi connectivity index (χ4n) is 3.65. The van der Waals surface area contributed by atoms with E-state index in [-0.39, 0.29) is 4.90 Å². The summed E-state index contributed by atoms with van der Waals surface area (Å²) in [7, 11) is -1.08. The van der Waals surface area contributed by atoms with Crippen LogP contribution in [-0.2, 0) is 14.8 Å². The van der Waals surface area contributed by atoms with Gasteiger partial charge in [-0.1, -0.05) is 42.5 Å². The summed E-state index contributed by atoms with van der Waals surface area (Å²) in [6.45, 7) is -0.407. The van der Waals surface area contributed by atoms with Crippen LogP contribution in [0.4, 0.5) is 4.39 Å². The third kappa shape index (κ3) is 4.80. The van der Waals surface area contributed by atoms with Gasteiger partial charge in [-0.25, -0.2) is 17.8 Å². The van der Waals surface area contributed by atoms with E-state index in [1.54, 1.807) is 19.2 Å². The van der Waals surface area contributed by atoms with E-state index in [9.17, 15) is 17.6 Å². The molecule has 7 nitrogen and oxygen atoms in total. The van der Waals surface area contributed by atoms with E-state index in [1.807, 2.05) is 48.5 Å². The molecule has 9 heteroatoms. The maximum absolute atomic E-state index is 13.3. The largest absolute Gasteiger partial charge is 0.497 e. The summed E-state index contributed by atoms with van der Waals surface area (Å²) in [5.74, 6) is -0.304. The summed E-state index contributed by atoms with van der Waals surface area (Å²) in [5.41, 5.74) is 5.59. The molecule has 176 valence electrons. The van der Waals surface area contributed by atoms with Gasteiger partial charge in [-0.2, -0.15) is 4.31 Å². The zero-order valence-corrected chi connectivity index (χ0v) is 19.5. The van der Waals surface area contributed by atoms with E-state index >= 15 is 0 Å². The average molecular weight is 482 g/mol. The zero-order valence-electron chi connectivity index (χ0n) is 18.7. The number of ether oxygens (including phenoxy) is 1. The number of likely N-dealkylation sites (N-methyl/N-ethyl adjacent to an activating group) is 1.